The third kappa shape index (κ3) is 4.63. The molecule has 0 atom stereocenters. The number of nitrogens with zero attached hydrogens (tertiary/aromatic N) is 2. The Morgan fingerprint density at radius 2 is 1.70 bits per heavy atom. The fraction of sp³-hybridized carbons (Fsp3) is 0.250. The molecule has 0 aliphatic carbocycles. The largest absolute Gasteiger partial charge is 0.415 e. The summed E-state index contributed by atoms with van der Waals surface area (Å²) < 4.78 is 21.7. The van der Waals surface area contributed by atoms with Gasteiger partial charge in [-0.3, -0.25) is 0 Å². The summed E-state index contributed by atoms with van der Waals surface area (Å²) in [4.78, 5) is 14.3. The van der Waals surface area contributed by atoms with Gasteiger partial charge in [0, 0.05) is 42.3 Å². The van der Waals surface area contributed by atoms with Crippen LogP contribution in [0.5, 0.6) is 5.75 Å². The molecule has 33 heavy (non-hydrogen) atoms. The van der Waals surface area contributed by atoms with Crippen LogP contribution in [0.4, 0.5) is 9.18 Å². The molecule has 0 spiro atoms. The highest BCUT2D eigenvalue weighted by Crippen LogP contribution is 2.38. The fourth-order valence-corrected chi connectivity index (χ4v) is 4.18. The monoisotopic (exact) mass is 444 g/mol. The van der Waals surface area contributed by atoms with Crippen LogP contribution in [0.25, 0.3) is 22.0 Å². The van der Waals surface area contributed by atoms with Gasteiger partial charge in [-0.25, -0.2) is 9.18 Å². The predicted molar refractivity (Wildman–Crippen MR) is 131 cm³/mol. The van der Waals surface area contributed by atoms with E-state index in [1.165, 1.54) is 28.8 Å². The van der Waals surface area contributed by atoms with E-state index in [1.807, 2.05) is 32.0 Å². The number of carbonyl (C=O) groups is 1. The molecule has 0 saturated carbocycles. The van der Waals surface area contributed by atoms with Gasteiger partial charge in [0.15, 0.2) is 0 Å². The maximum absolute atomic E-state index is 13.6. The van der Waals surface area contributed by atoms with Crippen molar-refractivity contribution in [2.75, 3.05) is 13.1 Å². The molecule has 0 bridgehead atoms. The van der Waals surface area contributed by atoms with Crippen molar-refractivity contribution < 1.29 is 13.9 Å². The molecule has 1 heterocycles. The number of amides is 1. The molecule has 170 valence electrons. The van der Waals surface area contributed by atoms with Gasteiger partial charge in [0.25, 0.3) is 0 Å². The Morgan fingerprint density at radius 3 is 2.39 bits per heavy atom. The molecular weight excluding hydrogens is 415 g/mol. The second kappa shape index (κ2) is 9.49. The summed E-state index contributed by atoms with van der Waals surface area (Å²) in [5.74, 6) is 0.163. The van der Waals surface area contributed by atoms with E-state index in [2.05, 4.69) is 42.8 Å². The molecule has 3 aromatic carbocycles. The van der Waals surface area contributed by atoms with Gasteiger partial charge in [-0.05, 0) is 74.7 Å². The van der Waals surface area contributed by atoms with Gasteiger partial charge < -0.3 is 14.2 Å². The summed E-state index contributed by atoms with van der Waals surface area (Å²) in [6, 6.07) is 18.6. The average Bonchev–Trinajstić information content (AvgIpc) is 3.20. The standard InChI is InChI=1S/C28H29FN2O2/c1-5-30(6-2)28(32)33-26-14-13-25-24(27(26)21-9-11-23(29)12-10-21)15-16-31(25)18-22-17-19(3)7-8-20(22)4/h7-17H,5-6,18H2,1-4H3. The Hall–Kier alpha value is -3.60. The van der Waals surface area contributed by atoms with Crippen LogP contribution in [-0.4, -0.2) is 28.6 Å². The van der Waals surface area contributed by atoms with Crippen molar-refractivity contribution in [1.29, 1.82) is 0 Å². The van der Waals surface area contributed by atoms with Crippen LogP contribution in [0.1, 0.15) is 30.5 Å². The molecule has 0 unspecified atom stereocenters. The van der Waals surface area contributed by atoms with Gasteiger partial charge in [-0.2, -0.15) is 0 Å². The molecule has 4 rings (SSSR count). The summed E-state index contributed by atoms with van der Waals surface area (Å²) in [5.41, 5.74) is 6.34. The lowest BCUT2D eigenvalue weighted by molar-refractivity contribution is 0.157. The van der Waals surface area contributed by atoms with Crippen molar-refractivity contribution in [3.63, 3.8) is 0 Å². The highest BCUT2D eigenvalue weighted by molar-refractivity contribution is 5.99. The molecular formula is C28H29FN2O2. The van der Waals surface area contributed by atoms with Gasteiger partial charge >= 0.3 is 6.09 Å². The second-order valence-corrected chi connectivity index (χ2v) is 8.29. The highest BCUT2D eigenvalue weighted by Gasteiger charge is 2.19. The molecule has 0 N–H and O–H groups in total. The summed E-state index contributed by atoms with van der Waals surface area (Å²) in [5, 5.41) is 0.955. The first kappa shape index (κ1) is 22.6. The lowest BCUT2D eigenvalue weighted by Crippen LogP contribution is -2.33. The van der Waals surface area contributed by atoms with Crippen LogP contribution >= 0.6 is 0 Å². The van der Waals surface area contributed by atoms with E-state index >= 15 is 0 Å². The summed E-state index contributed by atoms with van der Waals surface area (Å²) >= 11 is 0. The van der Waals surface area contributed by atoms with E-state index in [9.17, 15) is 9.18 Å². The number of benzene rings is 3. The number of aryl methyl sites for hydroxylation is 2. The van der Waals surface area contributed by atoms with Gasteiger partial charge in [-0.15, -0.1) is 0 Å². The van der Waals surface area contributed by atoms with Crippen LogP contribution in [0.2, 0.25) is 0 Å². The Kier molecular flexibility index (Phi) is 6.50. The summed E-state index contributed by atoms with van der Waals surface area (Å²) in [7, 11) is 0. The van der Waals surface area contributed by atoms with Crippen LogP contribution in [0.3, 0.4) is 0 Å². The van der Waals surface area contributed by atoms with E-state index in [0.717, 1.165) is 28.6 Å². The number of rotatable bonds is 6. The highest BCUT2D eigenvalue weighted by atomic mass is 19.1. The number of hydrogen-bond acceptors (Lipinski definition) is 2. The minimum absolute atomic E-state index is 0.305. The minimum atomic E-state index is -0.391. The second-order valence-electron chi connectivity index (χ2n) is 8.29. The zero-order chi connectivity index (χ0) is 23.5. The Labute approximate surface area is 194 Å². The first-order valence-corrected chi connectivity index (χ1v) is 11.3. The number of halogens is 1. The lowest BCUT2D eigenvalue weighted by atomic mass is 10.0. The van der Waals surface area contributed by atoms with E-state index in [4.69, 9.17) is 4.74 Å². The molecule has 0 aliphatic heterocycles. The predicted octanol–water partition coefficient (Wildman–Crippen LogP) is 6.95. The van der Waals surface area contributed by atoms with E-state index in [1.54, 1.807) is 17.0 Å². The van der Waals surface area contributed by atoms with Crippen LogP contribution < -0.4 is 4.74 Å². The maximum atomic E-state index is 13.6. The molecule has 4 nitrogen and oxygen atoms in total. The zero-order valence-corrected chi connectivity index (χ0v) is 19.6. The smallest absolute Gasteiger partial charge is 0.410 e. The number of hydrogen-bond donors (Lipinski definition) is 0. The number of fused-ring (bicyclic) bond motifs is 1. The number of ether oxygens (including phenoxy) is 1. The number of aromatic nitrogens is 1. The van der Waals surface area contributed by atoms with E-state index < -0.39 is 6.09 Å². The van der Waals surface area contributed by atoms with Crippen molar-refractivity contribution in [3.05, 3.63) is 89.4 Å². The van der Waals surface area contributed by atoms with Crippen molar-refractivity contribution in [3.8, 4) is 16.9 Å². The summed E-state index contributed by atoms with van der Waals surface area (Å²) in [6.45, 7) is 9.92. The minimum Gasteiger partial charge on any atom is -0.410 e. The quantitative estimate of drug-likeness (QED) is 0.322. The Bertz CT molecular complexity index is 1290. The molecule has 0 aliphatic rings. The van der Waals surface area contributed by atoms with Gasteiger partial charge in [0.05, 0.1) is 0 Å². The van der Waals surface area contributed by atoms with Crippen LogP contribution in [-0.2, 0) is 6.54 Å². The van der Waals surface area contributed by atoms with Crippen LogP contribution in [0.15, 0.2) is 66.9 Å². The molecule has 0 radical (unpaired) electrons. The third-order valence-corrected chi connectivity index (χ3v) is 6.11. The van der Waals surface area contributed by atoms with E-state index in [0.29, 0.717) is 18.8 Å². The molecule has 1 amide bonds. The average molecular weight is 445 g/mol. The van der Waals surface area contributed by atoms with Crippen molar-refractivity contribution >= 4 is 17.0 Å². The van der Waals surface area contributed by atoms with Crippen molar-refractivity contribution in [2.24, 2.45) is 0 Å². The van der Waals surface area contributed by atoms with E-state index in [-0.39, 0.29) is 5.82 Å². The van der Waals surface area contributed by atoms with Crippen molar-refractivity contribution in [1.82, 2.24) is 9.47 Å². The normalized spacial score (nSPS) is 11.1. The Morgan fingerprint density at radius 1 is 0.970 bits per heavy atom. The van der Waals surface area contributed by atoms with Crippen molar-refractivity contribution in [2.45, 2.75) is 34.2 Å². The number of carbonyl (C=O) groups excluding carboxylic acids is 1. The van der Waals surface area contributed by atoms with Crippen LogP contribution in [0, 0.1) is 19.7 Å². The first-order valence-electron chi connectivity index (χ1n) is 11.3. The fourth-order valence-electron chi connectivity index (χ4n) is 4.18. The third-order valence-electron chi connectivity index (χ3n) is 6.11. The van der Waals surface area contributed by atoms with Gasteiger partial charge in [-0.1, -0.05) is 35.9 Å². The lowest BCUT2D eigenvalue weighted by Gasteiger charge is -2.20. The first-order chi connectivity index (χ1) is 15.9. The molecule has 5 heteroatoms. The van der Waals surface area contributed by atoms with Gasteiger partial charge in [0.1, 0.15) is 11.6 Å². The molecule has 0 saturated heterocycles. The van der Waals surface area contributed by atoms with Gasteiger partial charge in [0.2, 0.25) is 0 Å². The molecule has 0 fully saturated rings. The summed E-state index contributed by atoms with van der Waals surface area (Å²) in [6.07, 6.45) is 1.66. The molecule has 1 aromatic heterocycles. The maximum Gasteiger partial charge on any atom is 0.415 e. The Balaban J connectivity index is 1.82. The zero-order valence-electron chi connectivity index (χ0n) is 19.6. The molecule has 4 aromatic rings. The topological polar surface area (TPSA) is 34.5 Å². The SMILES string of the molecule is CCN(CC)C(=O)Oc1ccc2c(ccn2Cc2cc(C)ccc2C)c1-c1ccc(F)cc1.